The number of aromatic carboxylic acids is 1. The van der Waals surface area contributed by atoms with E-state index >= 15 is 4.39 Å². The molecule has 1 aliphatic rings. The Morgan fingerprint density at radius 1 is 0.957 bits per heavy atom. The van der Waals surface area contributed by atoms with Crippen molar-refractivity contribution in [2.75, 3.05) is 13.6 Å². The van der Waals surface area contributed by atoms with Gasteiger partial charge in [-0.15, -0.1) is 0 Å². The van der Waals surface area contributed by atoms with Gasteiger partial charge >= 0.3 is 5.97 Å². The normalized spacial score (nSPS) is 13.6. The second kappa shape index (κ2) is 13.3. The monoisotopic (exact) mass is 639 g/mol. The molecule has 6 rings (SSSR count). The molecule has 1 heterocycles. The maximum Gasteiger partial charge on any atom is 0.335 e. The number of ether oxygens (including phenoxy) is 1. The van der Waals surface area contributed by atoms with Crippen LogP contribution in [0.1, 0.15) is 71.3 Å². The number of aromatic nitrogens is 2. The van der Waals surface area contributed by atoms with Gasteiger partial charge in [0.1, 0.15) is 24.0 Å². The third-order valence-electron chi connectivity index (χ3n) is 8.78. The molecule has 1 aromatic heterocycles. The van der Waals surface area contributed by atoms with Gasteiger partial charge < -0.3 is 19.3 Å². The van der Waals surface area contributed by atoms with Gasteiger partial charge in [0, 0.05) is 36.3 Å². The minimum absolute atomic E-state index is 0.0990. The molecule has 5 aromatic rings. The molecule has 0 unspecified atom stereocenters. The minimum Gasteiger partial charge on any atom is -0.489 e. The molecule has 46 heavy (non-hydrogen) atoms. The molecule has 0 radical (unpaired) electrons. The van der Waals surface area contributed by atoms with E-state index in [1.807, 2.05) is 43.3 Å². The van der Waals surface area contributed by atoms with Gasteiger partial charge in [-0.3, -0.25) is 4.79 Å². The van der Waals surface area contributed by atoms with E-state index in [9.17, 15) is 14.7 Å². The van der Waals surface area contributed by atoms with E-state index in [0.29, 0.717) is 39.8 Å². The molecule has 236 valence electrons. The summed E-state index contributed by atoms with van der Waals surface area (Å²) in [5, 5.41) is 10.2. The van der Waals surface area contributed by atoms with Crippen LogP contribution in [0, 0.1) is 5.82 Å². The number of rotatable bonds is 9. The standard InChI is InChI=1S/C37H35ClFN3O4/c1-3-41(2)36(43)24-11-16-30(23-9-13-27(38)14-10-23)26(19-24)22-46-29-15-17-31(32(39)21-29)35-40-33-20-25(37(44)45)12-18-34(33)42(35)28-7-5-4-6-8-28/h9-21,28H,3-8,22H2,1-2H3,(H,44,45). The Kier molecular flexibility index (Phi) is 9.08. The Bertz CT molecular complexity index is 1910. The summed E-state index contributed by atoms with van der Waals surface area (Å²) in [7, 11) is 1.75. The van der Waals surface area contributed by atoms with Crippen molar-refractivity contribution in [2.24, 2.45) is 0 Å². The number of carboxylic acid groups (broad SMARTS) is 1. The van der Waals surface area contributed by atoms with Gasteiger partial charge in [0.05, 0.1) is 22.2 Å². The zero-order valence-corrected chi connectivity index (χ0v) is 26.6. The first kappa shape index (κ1) is 31.3. The van der Waals surface area contributed by atoms with Crippen molar-refractivity contribution in [3.8, 4) is 28.3 Å². The molecule has 1 saturated carbocycles. The Hall–Kier alpha value is -4.69. The summed E-state index contributed by atoms with van der Waals surface area (Å²) in [6.45, 7) is 2.59. The first-order valence-corrected chi connectivity index (χ1v) is 15.9. The number of benzene rings is 4. The topological polar surface area (TPSA) is 84.7 Å². The molecule has 1 fully saturated rings. The van der Waals surface area contributed by atoms with Crippen LogP contribution in [0.3, 0.4) is 0 Å². The molecular formula is C37H35ClFN3O4. The molecule has 1 amide bonds. The predicted octanol–water partition coefficient (Wildman–Crippen LogP) is 9.04. The smallest absolute Gasteiger partial charge is 0.335 e. The second-order valence-corrected chi connectivity index (χ2v) is 12.2. The fourth-order valence-electron chi connectivity index (χ4n) is 6.18. The molecule has 0 aliphatic heterocycles. The highest BCUT2D eigenvalue weighted by molar-refractivity contribution is 6.30. The fourth-order valence-corrected chi connectivity index (χ4v) is 6.31. The molecule has 0 spiro atoms. The van der Waals surface area contributed by atoms with Gasteiger partial charge in [0.2, 0.25) is 0 Å². The van der Waals surface area contributed by atoms with Crippen molar-refractivity contribution in [1.29, 1.82) is 0 Å². The van der Waals surface area contributed by atoms with Crippen molar-refractivity contribution < 1.29 is 23.8 Å². The number of hydrogen-bond donors (Lipinski definition) is 1. The number of carbonyl (C=O) groups is 2. The van der Waals surface area contributed by atoms with Crippen LogP contribution >= 0.6 is 11.6 Å². The summed E-state index contributed by atoms with van der Waals surface area (Å²) >= 11 is 6.13. The molecule has 0 saturated heterocycles. The fraction of sp³-hybridized carbons (Fsp3) is 0.270. The number of amides is 1. The van der Waals surface area contributed by atoms with Crippen LogP contribution in [-0.2, 0) is 6.61 Å². The van der Waals surface area contributed by atoms with Gasteiger partial charge in [0.25, 0.3) is 5.91 Å². The lowest BCUT2D eigenvalue weighted by Gasteiger charge is -2.25. The van der Waals surface area contributed by atoms with Crippen molar-refractivity contribution in [1.82, 2.24) is 14.5 Å². The highest BCUT2D eigenvalue weighted by Crippen LogP contribution is 2.38. The molecule has 1 aliphatic carbocycles. The first-order valence-electron chi connectivity index (χ1n) is 15.6. The van der Waals surface area contributed by atoms with Crippen LogP contribution in [0.2, 0.25) is 5.02 Å². The lowest BCUT2D eigenvalue weighted by atomic mass is 9.94. The molecular weight excluding hydrogens is 605 g/mol. The number of carboxylic acids is 1. The Labute approximate surface area is 272 Å². The third kappa shape index (κ3) is 6.35. The lowest BCUT2D eigenvalue weighted by molar-refractivity contribution is 0.0696. The number of imidazole rings is 1. The van der Waals surface area contributed by atoms with E-state index in [4.69, 9.17) is 21.3 Å². The van der Waals surface area contributed by atoms with E-state index in [1.54, 1.807) is 48.3 Å². The van der Waals surface area contributed by atoms with E-state index in [1.165, 1.54) is 6.07 Å². The van der Waals surface area contributed by atoms with Gasteiger partial charge in [-0.1, -0.05) is 49.1 Å². The molecule has 4 aromatic carbocycles. The number of fused-ring (bicyclic) bond motifs is 1. The van der Waals surface area contributed by atoms with Gasteiger partial charge in [-0.25, -0.2) is 14.2 Å². The first-order chi connectivity index (χ1) is 22.2. The Morgan fingerprint density at radius 3 is 2.37 bits per heavy atom. The third-order valence-corrected chi connectivity index (χ3v) is 9.03. The molecule has 9 heteroatoms. The molecule has 1 N–H and O–H groups in total. The average Bonchev–Trinajstić information content (AvgIpc) is 3.46. The number of nitrogens with zero attached hydrogens (tertiary/aromatic N) is 3. The maximum absolute atomic E-state index is 15.9. The molecule has 0 atom stereocenters. The predicted molar refractivity (Wildman–Crippen MR) is 178 cm³/mol. The highest BCUT2D eigenvalue weighted by atomic mass is 35.5. The van der Waals surface area contributed by atoms with E-state index in [-0.39, 0.29) is 24.1 Å². The quantitative estimate of drug-likeness (QED) is 0.174. The van der Waals surface area contributed by atoms with Crippen LogP contribution in [0.25, 0.3) is 33.5 Å². The SMILES string of the molecule is CCN(C)C(=O)c1ccc(-c2ccc(Cl)cc2)c(COc2ccc(-c3nc4cc(C(=O)O)ccc4n3C3CCCCC3)c(F)c2)c1. The van der Waals surface area contributed by atoms with Crippen molar-refractivity contribution in [3.05, 3.63) is 106 Å². The summed E-state index contributed by atoms with van der Waals surface area (Å²) in [6.07, 6.45) is 5.22. The van der Waals surface area contributed by atoms with Crippen molar-refractivity contribution in [3.63, 3.8) is 0 Å². The Morgan fingerprint density at radius 2 is 1.67 bits per heavy atom. The van der Waals surface area contributed by atoms with E-state index in [0.717, 1.165) is 54.3 Å². The summed E-state index contributed by atoms with van der Waals surface area (Å²) in [5.74, 6) is -0.813. The lowest BCUT2D eigenvalue weighted by Crippen LogP contribution is -2.26. The van der Waals surface area contributed by atoms with Crippen LogP contribution in [-0.4, -0.2) is 45.0 Å². The van der Waals surface area contributed by atoms with Crippen LogP contribution < -0.4 is 4.74 Å². The summed E-state index contributed by atoms with van der Waals surface area (Å²) in [4.78, 5) is 31.0. The van der Waals surface area contributed by atoms with Crippen LogP contribution in [0.4, 0.5) is 4.39 Å². The zero-order valence-electron chi connectivity index (χ0n) is 25.8. The van der Waals surface area contributed by atoms with Gasteiger partial charge in [0.15, 0.2) is 0 Å². The molecule has 7 nitrogen and oxygen atoms in total. The van der Waals surface area contributed by atoms with Gasteiger partial charge in [-0.05, 0) is 91.1 Å². The van der Waals surface area contributed by atoms with Crippen molar-refractivity contribution >= 4 is 34.5 Å². The minimum atomic E-state index is -1.03. The molecule has 0 bridgehead atoms. The van der Waals surface area contributed by atoms with Gasteiger partial charge in [-0.2, -0.15) is 0 Å². The second-order valence-electron chi connectivity index (χ2n) is 11.7. The number of halogens is 2. The average molecular weight is 640 g/mol. The van der Waals surface area contributed by atoms with E-state index < -0.39 is 11.8 Å². The van der Waals surface area contributed by atoms with Crippen LogP contribution in [0.5, 0.6) is 5.75 Å². The highest BCUT2D eigenvalue weighted by Gasteiger charge is 2.25. The maximum atomic E-state index is 15.9. The Balaban J connectivity index is 1.33. The largest absolute Gasteiger partial charge is 0.489 e. The van der Waals surface area contributed by atoms with E-state index in [2.05, 4.69) is 4.57 Å². The van der Waals surface area contributed by atoms with Crippen molar-refractivity contribution in [2.45, 2.75) is 51.7 Å². The summed E-state index contributed by atoms with van der Waals surface area (Å²) in [5.41, 5.74) is 4.89. The number of hydrogen-bond acceptors (Lipinski definition) is 4. The van der Waals surface area contributed by atoms with Crippen LogP contribution in [0.15, 0.2) is 78.9 Å². The summed E-state index contributed by atoms with van der Waals surface area (Å²) in [6, 6.07) is 22.7. The summed E-state index contributed by atoms with van der Waals surface area (Å²) < 4.78 is 24.1. The number of carbonyl (C=O) groups excluding carboxylic acids is 1. The zero-order chi connectivity index (χ0) is 32.4.